The van der Waals surface area contributed by atoms with Gasteiger partial charge in [-0.15, -0.1) is 0 Å². The van der Waals surface area contributed by atoms with E-state index >= 15 is 0 Å². The van der Waals surface area contributed by atoms with Crippen molar-refractivity contribution in [2.75, 3.05) is 80.4 Å². The average Bonchev–Trinajstić information content (AvgIpc) is 3.96. The Morgan fingerprint density at radius 1 is 0.644 bits per heavy atom. The molecule has 16 nitrogen and oxygen atoms in total. The number of benzene rings is 4. The molecule has 0 radical (unpaired) electrons. The minimum Gasteiger partial charge on any atom is -0.395 e. The molecule has 0 aliphatic carbocycles. The van der Waals surface area contributed by atoms with Crippen molar-refractivity contribution in [3.63, 3.8) is 0 Å². The van der Waals surface area contributed by atoms with Crippen LogP contribution in [0.1, 0.15) is 100 Å². The molecule has 6 aromatic rings. The lowest BCUT2D eigenvalue weighted by Gasteiger charge is -2.39. The van der Waals surface area contributed by atoms with Crippen molar-refractivity contribution < 1.29 is 38.9 Å². The van der Waals surface area contributed by atoms with Crippen LogP contribution in [0.25, 0.3) is 11.1 Å². The molecule has 4 aliphatic heterocycles. The van der Waals surface area contributed by atoms with Gasteiger partial charge >= 0.3 is 0 Å². The number of piperidine rings is 2. The first-order chi connectivity index (χ1) is 35.4. The number of fused-ring (bicyclic) bond motifs is 4. The van der Waals surface area contributed by atoms with Crippen LogP contribution < -0.4 is 20.9 Å². The molecule has 5 N–H and O–H groups in total. The minimum absolute atomic E-state index is 0.00400. The first-order valence-electron chi connectivity index (χ1n) is 24.9. The number of aryl methyl sites for hydroxylation is 2. The van der Waals surface area contributed by atoms with Gasteiger partial charge in [-0.3, -0.25) is 19.2 Å². The van der Waals surface area contributed by atoms with Crippen LogP contribution in [0.4, 0.5) is 23.0 Å². The third-order valence-corrected chi connectivity index (χ3v) is 15.0. The third kappa shape index (κ3) is 9.78. The molecule has 2 saturated heterocycles. The van der Waals surface area contributed by atoms with E-state index in [1.807, 2.05) is 42.8 Å². The van der Waals surface area contributed by atoms with Gasteiger partial charge in [0.15, 0.2) is 0 Å². The lowest BCUT2D eigenvalue weighted by molar-refractivity contribution is -0.0744. The Bertz CT molecular complexity index is 3070. The number of nitrogens with zero attached hydrogens (tertiary/aromatic N) is 5. The van der Waals surface area contributed by atoms with Crippen molar-refractivity contribution in [2.24, 2.45) is 0 Å². The monoisotopic (exact) mass is 984 g/mol. The summed E-state index contributed by atoms with van der Waals surface area (Å²) in [6, 6.07) is 30.6. The molecule has 0 saturated carbocycles. The third-order valence-electron chi connectivity index (χ3n) is 15.0. The van der Waals surface area contributed by atoms with Crippen molar-refractivity contribution in [1.29, 1.82) is 0 Å². The summed E-state index contributed by atoms with van der Waals surface area (Å²) in [5.41, 5.74) is 10.4. The molecule has 2 spiro atoms. The molecule has 4 aromatic carbocycles. The van der Waals surface area contributed by atoms with Crippen LogP contribution in [0.2, 0.25) is 0 Å². The molecule has 2 aromatic heterocycles. The normalized spacial score (nSPS) is 16.2. The fourth-order valence-corrected chi connectivity index (χ4v) is 10.7. The van der Waals surface area contributed by atoms with Gasteiger partial charge in [0.25, 0.3) is 23.6 Å². The Balaban J connectivity index is 0.760. The molecule has 4 amide bonds. The van der Waals surface area contributed by atoms with Crippen molar-refractivity contribution in [3.05, 3.63) is 165 Å². The van der Waals surface area contributed by atoms with E-state index in [9.17, 15) is 24.3 Å². The predicted molar refractivity (Wildman–Crippen MR) is 278 cm³/mol. The standard InChI is InChI=1S/C57H60N8O8/c1-36-7-9-39(30-48(36)61-52(68)41-12-15-50(59-32-41)58-21-27-66)54(70)64-22-17-56(18-23-64)46-14-11-38(29-43(46)34-72-56)44-5-4-6-47-45(44)35-73-57(47)19-24-65(25-20-57)55(71)40-10-8-37(2)49(31-40)62-53(69)42-13-16-51(60-33-42)63(3)26-28-67/h4-16,29-33,66-67H,17-28,34-35H2,1-3H3,(H,58,59)(H,61,68)(H,62,69). The molecular weight excluding hydrogens is 925 g/mol. The molecule has 10 rings (SSSR count). The highest BCUT2D eigenvalue weighted by Gasteiger charge is 2.46. The van der Waals surface area contributed by atoms with Gasteiger partial charge in [0.1, 0.15) is 11.6 Å². The quantitative estimate of drug-likeness (QED) is 0.0769. The van der Waals surface area contributed by atoms with Gasteiger partial charge < -0.3 is 50.3 Å². The average molecular weight is 985 g/mol. The van der Waals surface area contributed by atoms with Crippen molar-refractivity contribution >= 4 is 46.6 Å². The van der Waals surface area contributed by atoms with E-state index in [1.54, 1.807) is 53.4 Å². The van der Waals surface area contributed by atoms with Crippen LogP contribution in [0.5, 0.6) is 0 Å². The van der Waals surface area contributed by atoms with Gasteiger partial charge in [-0.1, -0.05) is 42.5 Å². The van der Waals surface area contributed by atoms with Gasteiger partial charge in [0.05, 0.1) is 48.8 Å². The number of carbonyl (C=O) groups excluding carboxylic acids is 4. The van der Waals surface area contributed by atoms with Crippen LogP contribution in [0.3, 0.4) is 0 Å². The first-order valence-corrected chi connectivity index (χ1v) is 24.9. The maximum absolute atomic E-state index is 14.0. The molecule has 16 heteroatoms. The van der Waals surface area contributed by atoms with E-state index < -0.39 is 11.2 Å². The molecule has 6 heterocycles. The molecule has 2 fully saturated rings. The summed E-state index contributed by atoms with van der Waals surface area (Å²) in [5, 5.41) is 27.2. The number of hydrogen-bond donors (Lipinski definition) is 5. The van der Waals surface area contributed by atoms with Gasteiger partial charge in [-0.25, -0.2) is 9.97 Å². The molecule has 73 heavy (non-hydrogen) atoms. The zero-order valence-electron chi connectivity index (χ0n) is 41.4. The summed E-state index contributed by atoms with van der Waals surface area (Å²) >= 11 is 0. The van der Waals surface area contributed by atoms with Gasteiger partial charge in [-0.2, -0.15) is 0 Å². The lowest BCUT2D eigenvalue weighted by atomic mass is 9.80. The van der Waals surface area contributed by atoms with E-state index in [0.29, 0.717) is 123 Å². The Hall–Kier alpha value is -7.50. The fourth-order valence-electron chi connectivity index (χ4n) is 10.7. The van der Waals surface area contributed by atoms with E-state index in [-0.39, 0.29) is 36.8 Å². The topological polar surface area (TPSA) is 199 Å². The Morgan fingerprint density at radius 3 is 1.78 bits per heavy atom. The number of likely N-dealkylation sites (tertiary alicyclic amines) is 2. The number of likely N-dealkylation sites (N-methyl/N-ethyl adjacent to an activating group) is 1. The summed E-state index contributed by atoms with van der Waals surface area (Å²) < 4.78 is 13.4. The number of aromatic nitrogens is 2. The zero-order chi connectivity index (χ0) is 50.9. The van der Waals surface area contributed by atoms with Gasteiger partial charge in [0.2, 0.25) is 0 Å². The zero-order valence-corrected chi connectivity index (χ0v) is 41.4. The van der Waals surface area contributed by atoms with Crippen LogP contribution in [-0.2, 0) is 33.9 Å². The maximum atomic E-state index is 14.0. The first kappa shape index (κ1) is 49.1. The minimum atomic E-state index is -0.501. The Morgan fingerprint density at radius 2 is 1.22 bits per heavy atom. The second-order valence-corrected chi connectivity index (χ2v) is 19.5. The number of nitrogens with one attached hydrogen (secondary N) is 3. The van der Waals surface area contributed by atoms with Crippen molar-refractivity contribution in [3.8, 4) is 11.1 Å². The number of aliphatic hydroxyl groups excluding tert-OH is 2. The predicted octanol–water partition coefficient (Wildman–Crippen LogP) is 7.42. The maximum Gasteiger partial charge on any atom is 0.257 e. The second kappa shape index (κ2) is 20.5. The molecule has 4 aliphatic rings. The van der Waals surface area contributed by atoms with E-state index in [2.05, 4.69) is 62.3 Å². The summed E-state index contributed by atoms with van der Waals surface area (Å²) in [7, 11) is 1.82. The molecule has 376 valence electrons. The van der Waals surface area contributed by atoms with Crippen molar-refractivity contribution in [1.82, 2.24) is 19.8 Å². The molecule has 0 bridgehead atoms. The van der Waals surface area contributed by atoms with Crippen LogP contribution in [-0.4, -0.2) is 113 Å². The molecule has 0 atom stereocenters. The van der Waals surface area contributed by atoms with E-state index in [1.165, 1.54) is 29.1 Å². The lowest BCUT2D eigenvalue weighted by Crippen LogP contribution is -2.45. The number of anilines is 4. The van der Waals surface area contributed by atoms with Crippen molar-refractivity contribution in [2.45, 2.75) is 63.9 Å². The van der Waals surface area contributed by atoms with Crippen LogP contribution in [0, 0.1) is 13.8 Å². The number of amides is 4. The smallest absolute Gasteiger partial charge is 0.257 e. The number of rotatable bonds is 13. The number of carbonyl (C=O) groups is 4. The van der Waals surface area contributed by atoms with Gasteiger partial charge in [-0.05, 0) is 139 Å². The molecular formula is C57H60N8O8. The summed E-state index contributed by atoms with van der Waals surface area (Å²) in [6.07, 6.45) is 5.61. The van der Waals surface area contributed by atoms with Crippen LogP contribution in [0.15, 0.2) is 109 Å². The van der Waals surface area contributed by atoms with Crippen LogP contribution >= 0.6 is 0 Å². The van der Waals surface area contributed by atoms with Gasteiger partial charge in [0, 0.05) is 81.2 Å². The number of ether oxygens (including phenoxy) is 2. The highest BCUT2D eigenvalue weighted by atomic mass is 16.5. The number of pyridine rings is 2. The largest absolute Gasteiger partial charge is 0.395 e. The summed E-state index contributed by atoms with van der Waals surface area (Å²) in [6.45, 7) is 7.58. The second-order valence-electron chi connectivity index (χ2n) is 19.5. The fraction of sp³-hybridized carbons (Fsp3) is 0.333. The molecule has 0 unspecified atom stereocenters. The SMILES string of the molecule is Cc1ccc(C(=O)N2CCC3(CC2)OCc2cc(-c4cccc5c4COC54CCN(C(=O)c5ccc(C)c(NC(=O)c6ccc(N(C)CCO)nc6)c5)CC4)ccc23)cc1NC(=O)c1ccc(NCCO)nc1. The number of hydrogen-bond acceptors (Lipinski definition) is 12. The van der Waals surface area contributed by atoms with E-state index in [4.69, 9.17) is 14.6 Å². The summed E-state index contributed by atoms with van der Waals surface area (Å²) in [4.78, 5) is 68.4. The van der Waals surface area contributed by atoms with E-state index in [0.717, 1.165) is 27.8 Å². The Kier molecular flexibility index (Phi) is 13.8. The Labute approximate surface area is 424 Å². The highest BCUT2D eigenvalue weighted by Crippen LogP contribution is 2.49. The summed E-state index contributed by atoms with van der Waals surface area (Å²) in [5.74, 6) is 0.345. The highest BCUT2D eigenvalue weighted by molar-refractivity contribution is 6.06. The number of aliphatic hydroxyl groups is 2.